The average molecular weight is 205 g/mol. The first kappa shape index (κ1) is 10.3. The van der Waals surface area contributed by atoms with Crippen LogP contribution in [0.4, 0.5) is 5.69 Å². The summed E-state index contributed by atoms with van der Waals surface area (Å²) in [4.78, 5) is 0. The Morgan fingerprint density at radius 2 is 1.93 bits per heavy atom. The average Bonchev–Trinajstić information content (AvgIpc) is 2.25. The molecular formula is C13H19NO. The van der Waals surface area contributed by atoms with Crippen molar-refractivity contribution in [2.75, 3.05) is 5.32 Å². The zero-order valence-electron chi connectivity index (χ0n) is 9.29. The number of nitrogens with one attached hydrogen (secondary N) is 1. The highest BCUT2D eigenvalue weighted by atomic mass is 16.3. The van der Waals surface area contributed by atoms with Gasteiger partial charge in [-0.05, 0) is 31.4 Å². The van der Waals surface area contributed by atoms with Crippen LogP contribution >= 0.6 is 0 Å². The van der Waals surface area contributed by atoms with Gasteiger partial charge in [-0.2, -0.15) is 0 Å². The van der Waals surface area contributed by atoms with E-state index < -0.39 is 0 Å². The maximum atomic E-state index is 9.76. The van der Waals surface area contributed by atoms with Gasteiger partial charge in [-0.3, -0.25) is 0 Å². The highest BCUT2D eigenvalue weighted by molar-refractivity contribution is 5.61. The number of benzene rings is 1. The van der Waals surface area contributed by atoms with Gasteiger partial charge in [0.15, 0.2) is 0 Å². The van der Waals surface area contributed by atoms with E-state index >= 15 is 0 Å². The zero-order valence-corrected chi connectivity index (χ0v) is 9.29. The Labute approximate surface area is 91.3 Å². The van der Waals surface area contributed by atoms with Crippen LogP contribution in [0.1, 0.15) is 37.7 Å². The number of hydrogen-bond donors (Lipinski definition) is 2. The van der Waals surface area contributed by atoms with E-state index in [4.69, 9.17) is 0 Å². The van der Waals surface area contributed by atoms with E-state index in [-0.39, 0.29) is 0 Å². The van der Waals surface area contributed by atoms with E-state index in [1.807, 2.05) is 19.1 Å². The van der Waals surface area contributed by atoms with Crippen LogP contribution in [0.5, 0.6) is 5.75 Å². The lowest BCUT2D eigenvalue weighted by Gasteiger charge is -2.25. The lowest BCUT2D eigenvalue weighted by atomic mass is 9.95. The van der Waals surface area contributed by atoms with Crippen LogP contribution < -0.4 is 5.32 Å². The van der Waals surface area contributed by atoms with Crippen molar-refractivity contribution < 1.29 is 5.11 Å². The van der Waals surface area contributed by atoms with Crippen LogP contribution in [0.2, 0.25) is 0 Å². The maximum absolute atomic E-state index is 9.76. The Morgan fingerprint density at radius 1 is 1.20 bits per heavy atom. The molecular weight excluding hydrogens is 186 g/mol. The third-order valence-electron chi connectivity index (χ3n) is 3.20. The fourth-order valence-electron chi connectivity index (χ4n) is 2.29. The normalized spacial score (nSPS) is 17.7. The van der Waals surface area contributed by atoms with E-state index in [1.54, 1.807) is 6.07 Å². The molecule has 1 aliphatic carbocycles. The molecule has 2 N–H and O–H groups in total. The van der Waals surface area contributed by atoms with Gasteiger partial charge in [0.2, 0.25) is 0 Å². The molecule has 2 rings (SSSR count). The number of anilines is 1. The van der Waals surface area contributed by atoms with Gasteiger partial charge in [0.25, 0.3) is 0 Å². The molecule has 0 spiro atoms. The Hall–Kier alpha value is -1.18. The molecule has 1 aromatic rings. The molecule has 1 aromatic carbocycles. The summed E-state index contributed by atoms with van der Waals surface area (Å²) in [6.45, 7) is 2.03. The Bertz CT molecular complexity index is 309. The molecule has 82 valence electrons. The van der Waals surface area contributed by atoms with Gasteiger partial charge in [0.1, 0.15) is 5.75 Å². The molecule has 1 saturated carbocycles. The number of hydrogen-bond acceptors (Lipinski definition) is 2. The number of para-hydroxylation sites is 1. The second kappa shape index (κ2) is 4.56. The Balaban J connectivity index is 2.09. The molecule has 0 atom stereocenters. The molecule has 0 aliphatic heterocycles. The van der Waals surface area contributed by atoms with Gasteiger partial charge in [0, 0.05) is 6.04 Å². The predicted octanol–water partition coefficient (Wildman–Crippen LogP) is 3.45. The molecule has 0 unspecified atom stereocenters. The quantitative estimate of drug-likeness (QED) is 0.725. The van der Waals surface area contributed by atoms with Crippen LogP contribution in [0.25, 0.3) is 0 Å². The summed E-state index contributed by atoms with van der Waals surface area (Å²) in [6.07, 6.45) is 6.44. The first-order chi connectivity index (χ1) is 7.27. The monoisotopic (exact) mass is 205 g/mol. The predicted molar refractivity (Wildman–Crippen MR) is 63.3 cm³/mol. The Morgan fingerprint density at radius 3 is 2.60 bits per heavy atom. The first-order valence-corrected chi connectivity index (χ1v) is 5.82. The molecule has 0 amide bonds. The Kier molecular flexibility index (Phi) is 3.14. The van der Waals surface area contributed by atoms with Crippen molar-refractivity contribution in [1.29, 1.82) is 0 Å². The molecule has 2 heteroatoms. The zero-order chi connectivity index (χ0) is 10.7. The SMILES string of the molecule is Cc1cccc(O)c1NC1CCCCC1. The number of aryl methyl sites for hydroxylation is 1. The molecule has 1 fully saturated rings. The number of phenolic OH excluding ortho intramolecular Hbond substituents is 1. The van der Waals surface area contributed by atoms with Crippen molar-refractivity contribution in [3.05, 3.63) is 23.8 Å². The molecule has 2 nitrogen and oxygen atoms in total. The van der Waals surface area contributed by atoms with Gasteiger partial charge in [-0.25, -0.2) is 0 Å². The summed E-state index contributed by atoms with van der Waals surface area (Å²) < 4.78 is 0. The van der Waals surface area contributed by atoms with Crippen LogP contribution in [0.3, 0.4) is 0 Å². The minimum atomic E-state index is 0.376. The molecule has 0 bridgehead atoms. The van der Waals surface area contributed by atoms with Crippen molar-refractivity contribution in [1.82, 2.24) is 0 Å². The second-order valence-electron chi connectivity index (χ2n) is 4.45. The topological polar surface area (TPSA) is 32.3 Å². The summed E-state index contributed by atoms with van der Waals surface area (Å²) in [7, 11) is 0. The fraction of sp³-hybridized carbons (Fsp3) is 0.538. The lowest BCUT2D eigenvalue weighted by molar-refractivity contribution is 0.452. The van der Waals surface area contributed by atoms with Gasteiger partial charge < -0.3 is 10.4 Å². The van der Waals surface area contributed by atoms with E-state index in [2.05, 4.69) is 5.32 Å². The minimum Gasteiger partial charge on any atom is -0.506 e. The number of aromatic hydroxyl groups is 1. The third kappa shape index (κ3) is 2.44. The van der Waals surface area contributed by atoms with Crippen molar-refractivity contribution in [3.63, 3.8) is 0 Å². The van der Waals surface area contributed by atoms with Gasteiger partial charge in [-0.1, -0.05) is 31.4 Å². The smallest absolute Gasteiger partial charge is 0.138 e. The highest BCUT2D eigenvalue weighted by Gasteiger charge is 2.15. The molecule has 1 aliphatic rings. The lowest BCUT2D eigenvalue weighted by Crippen LogP contribution is -2.22. The van der Waals surface area contributed by atoms with E-state index in [1.165, 1.54) is 32.1 Å². The third-order valence-corrected chi connectivity index (χ3v) is 3.20. The van der Waals surface area contributed by atoms with Crippen LogP contribution in [0.15, 0.2) is 18.2 Å². The maximum Gasteiger partial charge on any atom is 0.138 e. The van der Waals surface area contributed by atoms with Crippen molar-refractivity contribution in [2.45, 2.75) is 45.1 Å². The van der Waals surface area contributed by atoms with Crippen molar-refractivity contribution in [3.8, 4) is 5.75 Å². The molecule has 0 heterocycles. The van der Waals surface area contributed by atoms with E-state index in [0.29, 0.717) is 11.8 Å². The molecule has 0 saturated heterocycles. The second-order valence-corrected chi connectivity index (χ2v) is 4.45. The largest absolute Gasteiger partial charge is 0.506 e. The summed E-state index contributed by atoms with van der Waals surface area (Å²) >= 11 is 0. The van der Waals surface area contributed by atoms with Crippen LogP contribution in [-0.4, -0.2) is 11.1 Å². The van der Waals surface area contributed by atoms with Crippen LogP contribution in [0, 0.1) is 6.92 Å². The van der Waals surface area contributed by atoms with Gasteiger partial charge >= 0.3 is 0 Å². The van der Waals surface area contributed by atoms with Gasteiger partial charge in [-0.15, -0.1) is 0 Å². The molecule has 0 aromatic heterocycles. The van der Waals surface area contributed by atoms with E-state index in [0.717, 1.165) is 11.3 Å². The molecule has 0 radical (unpaired) electrons. The summed E-state index contributed by atoms with van der Waals surface area (Å²) in [5.74, 6) is 0.376. The number of rotatable bonds is 2. The molecule has 15 heavy (non-hydrogen) atoms. The van der Waals surface area contributed by atoms with Gasteiger partial charge in [0.05, 0.1) is 5.69 Å². The van der Waals surface area contributed by atoms with Crippen LogP contribution in [-0.2, 0) is 0 Å². The fourth-order valence-corrected chi connectivity index (χ4v) is 2.29. The van der Waals surface area contributed by atoms with Crippen molar-refractivity contribution >= 4 is 5.69 Å². The van der Waals surface area contributed by atoms with Crippen molar-refractivity contribution in [2.24, 2.45) is 0 Å². The first-order valence-electron chi connectivity index (χ1n) is 5.82. The number of phenols is 1. The highest BCUT2D eigenvalue weighted by Crippen LogP contribution is 2.30. The summed E-state index contributed by atoms with van der Waals surface area (Å²) in [5.41, 5.74) is 2.05. The minimum absolute atomic E-state index is 0.376. The standard InChI is InChI=1S/C13H19NO/c1-10-6-5-9-12(15)13(10)14-11-7-3-2-4-8-11/h5-6,9,11,14-15H,2-4,7-8H2,1H3. The van der Waals surface area contributed by atoms with E-state index in [9.17, 15) is 5.11 Å². The summed E-state index contributed by atoms with van der Waals surface area (Å²) in [6, 6.07) is 6.21. The summed E-state index contributed by atoms with van der Waals surface area (Å²) in [5, 5.41) is 13.2.